The number of amides is 2. The predicted molar refractivity (Wildman–Crippen MR) is 148 cm³/mol. The lowest BCUT2D eigenvalue weighted by Gasteiger charge is -2.41. The lowest BCUT2D eigenvalue weighted by atomic mass is 10.1. The van der Waals surface area contributed by atoms with E-state index in [9.17, 15) is 9.59 Å². The summed E-state index contributed by atoms with van der Waals surface area (Å²) in [5.74, 6) is 2.25. The number of H-pyrrole nitrogens is 1. The maximum absolute atomic E-state index is 13.5. The highest BCUT2D eigenvalue weighted by molar-refractivity contribution is 6.29. The molecule has 0 saturated carbocycles. The van der Waals surface area contributed by atoms with E-state index in [4.69, 9.17) is 25.8 Å². The van der Waals surface area contributed by atoms with Crippen LogP contribution in [-0.2, 0) is 20.7 Å². The molecule has 12 nitrogen and oxygen atoms in total. The zero-order valence-electron chi connectivity index (χ0n) is 22.4. The molecule has 2 atom stereocenters. The largest absolute Gasteiger partial charge is 0.493 e. The van der Waals surface area contributed by atoms with Gasteiger partial charge in [0.2, 0.25) is 5.91 Å². The number of nitrogens with one attached hydrogen (secondary N) is 2. The van der Waals surface area contributed by atoms with Crippen LogP contribution < -0.4 is 19.7 Å². The molecule has 5 rings (SSSR count). The number of hydrogen-bond donors (Lipinski definition) is 2. The van der Waals surface area contributed by atoms with Gasteiger partial charge in [0.15, 0.2) is 23.1 Å². The fraction of sp³-hybridized carbons (Fsp3) is 0.444. The summed E-state index contributed by atoms with van der Waals surface area (Å²) in [6, 6.07) is 6.56. The summed E-state index contributed by atoms with van der Waals surface area (Å²) in [7, 11) is 3.17. The quantitative estimate of drug-likeness (QED) is 0.371. The van der Waals surface area contributed by atoms with Crippen molar-refractivity contribution in [3.05, 3.63) is 47.4 Å². The van der Waals surface area contributed by atoms with E-state index in [1.807, 2.05) is 23.1 Å². The second-order valence-corrected chi connectivity index (χ2v) is 9.92. The first-order chi connectivity index (χ1) is 19.5. The van der Waals surface area contributed by atoms with Crippen LogP contribution in [0.15, 0.2) is 36.7 Å². The smallest absolute Gasteiger partial charge is 0.252 e. The topological polar surface area (TPSA) is 135 Å². The maximum atomic E-state index is 13.5. The summed E-state index contributed by atoms with van der Waals surface area (Å²) in [5.41, 5.74) is 0.983. The monoisotopic (exact) mass is 569 g/mol. The lowest BCUT2D eigenvalue weighted by molar-refractivity contribution is -0.148. The second kappa shape index (κ2) is 12.5. The molecule has 0 radical (unpaired) electrons. The minimum atomic E-state index is -0.739. The number of imidazole rings is 1. The number of methoxy groups -OCH3 is 2. The fourth-order valence-corrected chi connectivity index (χ4v) is 5.16. The maximum Gasteiger partial charge on any atom is 0.252 e. The van der Waals surface area contributed by atoms with Crippen LogP contribution >= 0.6 is 11.6 Å². The molecule has 2 amide bonds. The average molecular weight is 570 g/mol. The van der Waals surface area contributed by atoms with E-state index in [0.717, 1.165) is 12.0 Å². The van der Waals surface area contributed by atoms with Gasteiger partial charge < -0.3 is 34.3 Å². The van der Waals surface area contributed by atoms with Crippen molar-refractivity contribution in [1.82, 2.24) is 30.2 Å². The molecule has 2 aliphatic heterocycles. The van der Waals surface area contributed by atoms with Gasteiger partial charge in [-0.1, -0.05) is 17.7 Å². The van der Waals surface area contributed by atoms with Crippen LogP contribution in [0.4, 0.5) is 5.82 Å². The highest BCUT2D eigenvalue weighted by Gasteiger charge is 2.39. The molecule has 13 heteroatoms. The minimum Gasteiger partial charge on any atom is -0.493 e. The summed E-state index contributed by atoms with van der Waals surface area (Å²) in [4.78, 5) is 46.6. The van der Waals surface area contributed by atoms with Crippen molar-refractivity contribution < 1.29 is 23.8 Å². The van der Waals surface area contributed by atoms with Crippen molar-refractivity contribution in [1.29, 1.82) is 0 Å². The molecule has 4 heterocycles. The zero-order chi connectivity index (χ0) is 28.1. The summed E-state index contributed by atoms with van der Waals surface area (Å²) in [6.45, 7) is 1.98. The van der Waals surface area contributed by atoms with Crippen molar-refractivity contribution >= 4 is 29.2 Å². The second-order valence-electron chi connectivity index (χ2n) is 9.54. The van der Waals surface area contributed by atoms with Crippen LogP contribution in [0.1, 0.15) is 18.4 Å². The Morgan fingerprint density at radius 1 is 1.18 bits per heavy atom. The van der Waals surface area contributed by atoms with E-state index in [0.29, 0.717) is 68.0 Å². The van der Waals surface area contributed by atoms with Gasteiger partial charge in [-0.3, -0.25) is 9.59 Å². The van der Waals surface area contributed by atoms with Crippen LogP contribution in [0.3, 0.4) is 0 Å². The van der Waals surface area contributed by atoms with Crippen molar-refractivity contribution in [3.8, 4) is 23.1 Å². The van der Waals surface area contributed by atoms with Crippen molar-refractivity contribution in [3.63, 3.8) is 0 Å². The SMILES string of the molecule is COc1ccc(CCNC(=O)C2CN(c3cc(Cl)nc(-c4ncc[nH]4)n3)CCN2C(=O)C2CCCO2)cc1OC. The van der Waals surface area contributed by atoms with E-state index in [1.165, 1.54) is 0 Å². The summed E-state index contributed by atoms with van der Waals surface area (Å²) in [5, 5.41) is 3.27. The van der Waals surface area contributed by atoms with E-state index in [-0.39, 0.29) is 23.5 Å². The molecule has 0 spiro atoms. The van der Waals surface area contributed by atoms with E-state index in [2.05, 4.69) is 25.3 Å². The van der Waals surface area contributed by atoms with Gasteiger partial charge in [-0.05, 0) is 37.0 Å². The normalized spacial score (nSPS) is 19.0. The summed E-state index contributed by atoms with van der Waals surface area (Å²) < 4.78 is 16.3. The number of carbonyl (C=O) groups is 2. The molecule has 2 aliphatic rings. The molecule has 2 N–H and O–H groups in total. The number of aromatic amines is 1. The van der Waals surface area contributed by atoms with E-state index < -0.39 is 12.1 Å². The van der Waals surface area contributed by atoms with Gasteiger partial charge in [0.1, 0.15) is 23.1 Å². The molecule has 3 aromatic rings. The minimum absolute atomic E-state index is 0.158. The molecule has 2 aromatic heterocycles. The number of carbonyl (C=O) groups excluding carboxylic acids is 2. The molecule has 212 valence electrons. The molecule has 0 bridgehead atoms. The molecular weight excluding hydrogens is 538 g/mol. The Morgan fingerprint density at radius 3 is 2.75 bits per heavy atom. The number of halogens is 1. The van der Waals surface area contributed by atoms with Gasteiger partial charge in [-0.15, -0.1) is 0 Å². The van der Waals surface area contributed by atoms with E-state index in [1.54, 1.807) is 37.6 Å². The first kappa shape index (κ1) is 27.7. The van der Waals surface area contributed by atoms with Gasteiger partial charge in [-0.25, -0.2) is 15.0 Å². The third-order valence-electron chi connectivity index (χ3n) is 7.05. The Hall–Kier alpha value is -3.90. The number of nitrogens with zero attached hydrogens (tertiary/aromatic N) is 5. The van der Waals surface area contributed by atoms with Gasteiger partial charge in [0, 0.05) is 51.2 Å². The van der Waals surface area contributed by atoms with Gasteiger partial charge in [0.05, 0.1) is 14.2 Å². The van der Waals surface area contributed by atoms with E-state index >= 15 is 0 Å². The number of benzene rings is 1. The Balaban J connectivity index is 1.32. The van der Waals surface area contributed by atoms with Gasteiger partial charge in [-0.2, -0.15) is 0 Å². The Kier molecular flexibility index (Phi) is 8.66. The van der Waals surface area contributed by atoms with Crippen LogP contribution in [0.2, 0.25) is 5.15 Å². The number of rotatable bonds is 9. The molecule has 0 aliphatic carbocycles. The number of aromatic nitrogens is 4. The highest BCUT2D eigenvalue weighted by atomic mass is 35.5. The van der Waals surface area contributed by atoms with Crippen molar-refractivity contribution in [2.45, 2.75) is 31.4 Å². The zero-order valence-corrected chi connectivity index (χ0v) is 23.2. The standard InChI is InChI=1S/C27H32ClN7O5/c1-38-19-6-5-17(14-21(19)39-2)7-8-31-26(36)18-16-34(11-12-35(18)27(37)20-4-3-13-40-20)23-15-22(28)32-25(33-23)24-29-9-10-30-24/h5-6,9-10,14-15,18,20H,3-4,7-8,11-13,16H2,1-2H3,(H,29,30)(H,31,36). The molecular formula is C27H32ClN7O5. The molecule has 1 aromatic carbocycles. The van der Waals surface area contributed by atoms with Crippen LogP contribution in [0.25, 0.3) is 11.6 Å². The van der Waals surface area contributed by atoms with Gasteiger partial charge >= 0.3 is 0 Å². The number of piperazine rings is 1. The summed E-state index contributed by atoms with van der Waals surface area (Å²) in [6.07, 6.45) is 4.83. The Bertz CT molecular complexity index is 1330. The Morgan fingerprint density at radius 2 is 2.02 bits per heavy atom. The summed E-state index contributed by atoms with van der Waals surface area (Å²) >= 11 is 6.32. The lowest BCUT2D eigenvalue weighted by Crippen LogP contribution is -2.62. The van der Waals surface area contributed by atoms with Crippen LogP contribution in [-0.4, -0.2) is 95.8 Å². The van der Waals surface area contributed by atoms with Crippen LogP contribution in [0.5, 0.6) is 11.5 Å². The first-order valence-electron chi connectivity index (χ1n) is 13.2. The fourth-order valence-electron chi connectivity index (χ4n) is 4.98. The molecule has 40 heavy (non-hydrogen) atoms. The van der Waals surface area contributed by atoms with Gasteiger partial charge in [0.25, 0.3) is 5.91 Å². The molecule has 2 unspecified atom stereocenters. The highest BCUT2D eigenvalue weighted by Crippen LogP contribution is 2.28. The number of anilines is 1. The van der Waals surface area contributed by atoms with Crippen LogP contribution in [0, 0.1) is 0 Å². The predicted octanol–water partition coefficient (Wildman–Crippen LogP) is 2.09. The molecule has 2 fully saturated rings. The number of hydrogen-bond acceptors (Lipinski definition) is 9. The number of ether oxygens (including phenoxy) is 3. The van der Waals surface area contributed by atoms with Crippen molar-refractivity contribution in [2.75, 3.05) is 51.9 Å². The third-order valence-corrected chi connectivity index (χ3v) is 7.24. The average Bonchev–Trinajstić information content (AvgIpc) is 3.71. The van der Waals surface area contributed by atoms with Crippen molar-refractivity contribution in [2.24, 2.45) is 0 Å². The molecule has 2 saturated heterocycles. The Labute approximate surface area is 237 Å². The first-order valence-corrected chi connectivity index (χ1v) is 13.5. The third kappa shape index (κ3) is 6.13.